The Balaban J connectivity index is 1.60. The summed E-state index contributed by atoms with van der Waals surface area (Å²) in [4.78, 5) is 12.4. The summed E-state index contributed by atoms with van der Waals surface area (Å²) in [5.41, 5.74) is 0. The molecule has 0 aliphatic heterocycles. The van der Waals surface area contributed by atoms with Crippen molar-refractivity contribution < 1.29 is 27.1 Å². The van der Waals surface area contributed by atoms with Gasteiger partial charge in [-0.1, -0.05) is 0 Å². The van der Waals surface area contributed by atoms with Crippen molar-refractivity contribution in [2.24, 2.45) is 29.6 Å². The van der Waals surface area contributed by atoms with Crippen LogP contribution in [0.4, 0.5) is 17.6 Å². The highest BCUT2D eigenvalue weighted by atomic mass is 19.2. The lowest BCUT2D eigenvalue weighted by atomic mass is 9.52. The van der Waals surface area contributed by atoms with Crippen LogP contribution in [0.1, 0.15) is 32.1 Å². The molecule has 4 fully saturated rings. The number of halogens is 4. The fourth-order valence-corrected chi connectivity index (χ4v) is 5.07. The second kappa shape index (κ2) is 5.21. The molecule has 0 spiro atoms. The van der Waals surface area contributed by atoms with Crippen molar-refractivity contribution >= 4 is 5.97 Å². The Morgan fingerprint density at radius 2 is 1.35 bits per heavy atom. The standard InChI is InChI=1S/C17H15F4O2/c18-11-6-12(19)15(21)16(14(11)20)23-17(22)13-9-2-7-1-8(4-9)5-10(13)3-7/h7-10,13H,1-5H2. The zero-order chi connectivity index (χ0) is 16.3. The Bertz CT molecular complexity index is 619. The molecule has 1 aromatic rings. The van der Waals surface area contributed by atoms with Crippen LogP contribution in [-0.4, -0.2) is 5.97 Å². The third kappa shape index (κ3) is 2.34. The maximum absolute atomic E-state index is 13.6. The van der Waals surface area contributed by atoms with Gasteiger partial charge in [0.05, 0.1) is 12.0 Å². The van der Waals surface area contributed by atoms with Crippen LogP contribution in [0.3, 0.4) is 0 Å². The molecule has 0 heterocycles. The van der Waals surface area contributed by atoms with E-state index < -0.39 is 40.9 Å². The normalized spacial score (nSPS) is 34.7. The summed E-state index contributed by atoms with van der Waals surface area (Å²) < 4.78 is 58.4. The first-order valence-electron chi connectivity index (χ1n) is 7.91. The van der Waals surface area contributed by atoms with Crippen molar-refractivity contribution in [1.82, 2.24) is 0 Å². The van der Waals surface area contributed by atoms with Gasteiger partial charge in [-0.3, -0.25) is 4.79 Å². The Morgan fingerprint density at radius 1 is 0.870 bits per heavy atom. The molecule has 1 aromatic carbocycles. The molecule has 4 aliphatic carbocycles. The minimum absolute atomic E-state index is 0.148. The fourth-order valence-electron chi connectivity index (χ4n) is 5.07. The van der Waals surface area contributed by atoms with Crippen LogP contribution < -0.4 is 4.74 Å². The number of hydrogen-bond acceptors (Lipinski definition) is 2. The molecule has 0 saturated heterocycles. The van der Waals surface area contributed by atoms with Crippen LogP contribution in [-0.2, 0) is 4.79 Å². The summed E-state index contributed by atoms with van der Waals surface area (Å²) in [5, 5.41) is 0. The highest BCUT2D eigenvalue weighted by Crippen LogP contribution is 2.56. The van der Waals surface area contributed by atoms with E-state index in [4.69, 9.17) is 4.74 Å². The molecule has 5 rings (SSSR count). The number of ether oxygens (including phenoxy) is 1. The van der Waals surface area contributed by atoms with Gasteiger partial charge in [-0.15, -0.1) is 0 Å². The van der Waals surface area contributed by atoms with Crippen molar-refractivity contribution in [3.8, 4) is 5.75 Å². The van der Waals surface area contributed by atoms with Crippen molar-refractivity contribution in [2.45, 2.75) is 32.1 Å². The number of esters is 1. The van der Waals surface area contributed by atoms with E-state index in [0.29, 0.717) is 11.8 Å². The van der Waals surface area contributed by atoms with Crippen molar-refractivity contribution in [1.29, 1.82) is 0 Å². The largest absolute Gasteiger partial charge is 0.420 e. The molecular formula is C17H15F4O2. The number of hydrogen-bond donors (Lipinski definition) is 0. The molecule has 23 heavy (non-hydrogen) atoms. The summed E-state index contributed by atoms with van der Waals surface area (Å²) in [7, 11) is 0. The maximum atomic E-state index is 13.6. The van der Waals surface area contributed by atoms with E-state index in [1.165, 1.54) is 12.5 Å². The molecule has 6 heteroatoms. The predicted octanol–water partition coefficient (Wildman–Crippen LogP) is 4.02. The molecule has 123 valence electrons. The van der Waals surface area contributed by atoms with Gasteiger partial charge in [-0.05, 0) is 55.8 Å². The van der Waals surface area contributed by atoms with E-state index in [2.05, 4.69) is 0 Å². The molecular weight excluding hydrogens is 312 g/mol. The van der Waals surface area contributed by atoms with E-state index >= 15 is 0 Å². The topological polar surface area (TPSA) is 26.3 Å². The molecule has 2 nitrogen and oxygen atoms in total. The van der Waals surface area contributed by atoms with Crippen molar-refractivity contribution in [3.05, 3.63) is 29.3 Å². The van der Waals surface area contributed by atoms with E-state index in [0.717, 1.165) is 25.7 Å². The smallest absolute Gasteiger partial charge is 0.315 e. The van der Waals surface area contributed by atoms with Crippen LogP contribution >= 0.6 is 0 Å². The zero-order valence-corrected chi connectivity index (χ0v) is 12.3. The molecule has 0 amide bonds. The Labute approximate surface area is 130 Å². The Hall–Kier alpha value is -1.59. The Morgan fingerprint density at radius 3 is 1.83 bits per heavy atom. The van der Waals surface area contributed by atoms with Crippen LogP contribution in [0, 0.1) is 58.9 Å². The number of carbonyl (C=O) groups excluding carboxylic acids is 1. The summed E-state index contributed by atoms with van der Waals surface area (Å²) in [6, 6.07) is 1.28. The summed E-state index contributed by atoms with van der Waals surface area (Å²) in [6.07, 6.45) is 4.88. The van der Waals surface area contributed by atoms with Gasteiger partial charge in [-0.25, -0.2) is 8.78 Å². The Kier molecular flexibility index (Phi) is 3.39. The number of carbonyl (C=O) groups is 1. The molecule has 1 radical (unpaired) electrons. The quantitative estimate of drug-likeness (QED) is 0.355. The van der Waals surface area contributed by atoms with Crippen LogP contribution in [0.5, 0.6) is 5.75 Å². The molecule has 0 N–H and O–H groups in total. The first-order valence-corrected chi connectivity index (χ1v) is 7.91. The lowest BCUT2D eigenvalue weighted by Gasteiger charge is -2.53. The highest BCUT2D eigenvalue weighted by molar-refractivity contribution is 5.76. The van der Waals surface area contributed by atoms with Gasteiger partial charge in [0.1, 0.15) is 0 Å². The van der Waals surface area contributed by atoms with Gasteiger partial charge in [0.15, 0.2) is 11.6 Å². The first kappa shape index (κ1) is 15.0. The van der Waals surface area contributed by atoms with E-state index in [9.17, 15) is 22.4 Å². The SMILES string of the molecule is O=C(Oc1c(F)c(F)[c]c(F)c1F)C1C2CC3CC(C2)CC1C3. The van der Waals surface area contributed by atoms with Gasteiger partial charge in [-0.2, -0.15) is 8.78 Å². The van der Waals surface area contributed by atoms with Crippen LogP contribution in [0.2, 0.25) is 0 Å². The van der Waals surface area contributed by atoms with Crippen LogP contribution in [0.25, 0.3) is 0 Å². The maximum Gasteiger partial charge on any atom is 0.315 e. The molecule has 4 aliphatic rings. The third-order valence-electron chi connectivity index (χ3n) is 5.71. The molecule has 0 aromatic heterocycles. The van der Waals surface area contributed by atoms with Gasteiger partial charge < -0.3 is 4.74 Å². The van der Waals surface area contributed by atoms with Crippen LogP contribution in [0.15, 0.2) is 0 Å². The number of benzene rings is 1. The molecule has 0 unspecified atom stereocenters. The molecule has 4 saturated carbocycles. The fraction of sp³-hybridized carbons (Fsp3) is 0.588. The summed E-state index contributed by atoms with van der Waals surface area (Å²) in [5.74, 6) is -7.80. The van der Waals surface area contributed by atoms with E-state index in [1.807, 2.05) is 0 Å². The van der Waals surface area contributed by atoms with E-state index in [1.54, 1.807) is 0 Å². The zero-order valence-electron chi connectivity index (χ0n) is 12.3. The summed E-state index contributed by atoms with van der Waals surface area (Å²) >= 11 is 0. The second-order valence-electron chi connectivity index (χ2n) is 7.09. The monoisotopic (exact) mass is 327 g/mol. The molecule has 4 bridgehead atoms. The van der Waals surface area contributed by atoms with E-state index in [-0.39, 0.29) is 11.8 Å². The van der Waals surface area contributed by atoms with Crippen molar-refractivity contribution in [3.63, 3.8) is 0 Å². The predicted molar refractivity (Wildman–Crippen MR) is 71.3 cm³/mol. The highest BCUT2D eigenvalue weighted by Gasteiger charge is 2.51. The lowest BCUT2D eigenvalue weighted by Crippen LogP contribution is -2.49. The van der Waals surface area contributed by atoms with Gasteiger partial charge in [0.2, 0.25) is 17.4 Å². The van der Waals surface area contributed by atoms with Gasteiger partial charge in [0, 0.05) is 0 Å². The first-order chi connectivity index (χ1) is 10.9. The van der Waals surface area contributed by atoms with Gasteiger partial charge in [0.25, 0.3) is 0 Å². The minimum atomic E-state index is -1.72. The van der Waals surface area contributed by atoms with Crippen molar-refractivity contribution in [2.75, 3.05) is 0 Å². The minimum Gasteiger partial charge on any atom is -0.420 e. The lowest BCUT2D eigenvalue weighted by molar-refractivity contribution is -0.153. The second-order valence-corrected chi connectivity index (χ2v) is 7.09. The molecule has 0 atom stereocenters. The summed E-state index contributed by atoms with van der Waals surface area (Å²) in [6.45, 7) is 0. The van der Waals surface area contributed by atoms with Gasteiger partial charge >= 0.3 is 5.97 Å². The third-order valence-corrected chi connectivity index (χ3v) is 5.71. The average molecular weight is 327 g/mol. The number of rotatable bonds is 2. The average Bonchev–Trinajstić information content (AvgIpc) is 2.48.